The molecule has 4 nitrogen and oxygen atoms in total. The van der Waals surface area contributed by atoms with Crippen molar-refractivity contribution >= 4 is 35.8 Å². The summed E-state index contributed by atoms with van der Waals surface area (Å²) >= 11 is 0. The van der Waals surface area contributed by atoms with Gasteiger partial charge in [0.2, 0.25) is 14.6 Å². The van der Waals surface area contributed by atoms with Gasteiger partial charge in [-0.15, -0.1) is 0 Å². The largest absolute Gasteiger partial charge is 0.296 e. The van der Waals surface area contributed by atoms with Crippen molar-refractivity contribution in [2.45, 2.75) is 0 Å². The van der Waals surface area contributed by atoms with E-state index in [-0.39, 0.29) is 0 Å². The van der Waals surface area contributed by atoms with Gasteiger partial charge in [0, 0.05) is 34.3 Å². The fraction of sp³-hybridized carbons (Fsp3) is 0.143. The van der Waals surface area contributed by atoms with Gasteiger partial charge in [-0.2, -0.15) is 0 Å². The highest BCUT2D eigenvalue weighted by molar-refractivity contribution is 7.77. The van der Waals surface area contributed by atoms with Crippen molar-refractivity contribution in [1.82, 2.24) is 9.34 Å². The van der Waals surface area contributed by atoms with Crippen LogP contribution in [0.15, 0.2) is 121 Å². The average molecular weight is 489 g/mol. The van der Waals surface area contributed by atoms with Crippen LogP contribution in [0, 0.1) is 0 Å². The molecular weight excluding hydrogens is 458 g/mol. The molecular formula is C28H30N2O2P2. The van der Waals surface area contributed by atoms with E-state index in [0.717, 1.165) is 21.2 Å². The summed E-state index contributed by atoms with van der Waals surface area (Å²) in [6.07, 6.45) is 0. The van der Waals surface area contributed by atoms with Crippen molar-refractivity contribution in [1.29, 1.82) is 0 Å². The molecule has 0 amide bonds. The molecule has 174 valence electrons. The Morgan fingerprint density at radius 1 is 0.441 bits per heavy atom. The first kappa shape index (κ1) is 24.4. The molecule has 4 aromatic rings. The van der Waals surface area contributed by atoms with E-state index in [1.165, 1.54) is 0 Å². The molecule has 0 aliphatic rings. The Bertz CT molecular complexity index is 1090. The summed E-state index contributed by atoms with van der Waals surface area (Å²) in [5.74, 6) is 0. The minimum Gasteiger partial charge on any atom is -0.296 e. The number of benzene rings is 4. The summed E-state index contributed by atoms with van der Waals surface area (Å²) in [4.78, 5) is 0. The van der Waals surface area contributed by atoms with Crippen LogP contribution in [0.5, 0.6) is 0 Å². The van der Waals surface area contributed by atoms with Gasteiger partial charge in [0.05, 0.1) is 0 Å². The quantitative estimate of drug-likeness (QED) is 0.320. The van der Waals surface area contributed by atoms with Crippen molar-refractivity contribution in [3.8, 4) is 0 Å². The second-order valence-corrected chi connectivity index (χ2v) is 14.0. The zero-order chi connectivity index (χ0) is 24.0. The summed E-state index contributed by atoms with van der Waals surface area (Å²) in [6.45, 7) is 0.975. The fourth-order valence-electron chi connectivity index (χ4n) is 4.18. The van der Waals surface area contributed by atoms with Crippen LogP contribution >= 0.6 is 14.6 Å². The number of rotatable bonds is 9. The van der Waals surface area contributed by atoms with Crippen molar-refractivity contribution in [3.63, 3.8) is 0 Å². The Hall–Kier alpha value is -2.74. The lowest BCUT2D eigenvalue weighted by molar-refractivity contribution is 0.416. The van der Waals surface area contributed by atoms with E-state index in [0.29, 0.717) is 13.1 Å². The van der Waals surface area contributed by atoms with Crippen LogP contribution < -0.4 is 21.2 Å². The van der Waals surface area contributed by atoms with E-state index in [1.54, 1.807) is 0 Å². The molecule has 0 spiro atoms. The molecule has 0 saturated carbocycles. The molecule has 34 heavy (non-hydrogen) atoms. The summed E-state index contributed by atoms with van der Waals surface area (Å²) in [5.41, 5.74) is 0. The van der Waals surface area contributed by atoms with Crippen LogP contribution in [0.1, 0.15) is 0 Å². The molecule has 0 bridgehead atoms. The maximum atomic E-state index is 14.6. The SMILES string of the molecule is CN(CCN(C)P(=O)(c1ccccc1)c1ccccc1)P(=O)(c1ccccc1)c1ccccc1. The molecule has 0 unspecified atom stereocenters. The first-order valence-corrected chi connectivity index (χ1v) is 14.6. The Labute approximate surface area is 202 Å². The molecule has 6 heteroatoms. The third-order valence-corrected chi connectivity index (χ3v) is 12.4. The van der Waals surface area contributed by atoms with Crippen LogP contribution in [0.2, 0.25) is 0 Å². The fourth-order valence-corrected chi connectivity index (χ4v) is 9.40. The van der Waals surface area contributed by atoms with Crippen molar-refractivity contribution in [3.05, 3.63) is 121 Å². The molecule has 0 aliphatic carbocycles. The molecule has 0 N–H and O–H groups in total. The molecule has 0 radical (unpaired) electrons. The number of likely N-dealkylation sites (N-methyl/N-ethyl adjacent to an activating group) is 2. The van der Waals surface area contributed by atoms with Crippen LogP contribution in [-0.4, -0.2) is 36.5 Å². The summed E-state index contributed by atoms with van der Waals surface area (Å²) in [5, 5.41) is 3.17. The predicted molar refractivity (Wildman–Crippen MR) is 145 cm³/mol. The molecule has 0 atom stereocenters. The molecule has 0 aliphatic heterocycles. The number of hydrogen-bond donors (Lipinski definition) is 0. The lowest BCUT2D eigenvalue weighted by Crippen LogP contribution is -2.37. The first-order valence-electron chi connectivity index (χ1n) is 11.3. The highest BCUT2D eigenvalue weighted by atomic mass is 31.2. The van der Waals surface area contributed by atoms with E-state index in [1.807, 2.05) is 145 Å². The summed E-state index contributed by atoms with van der Waals surface area (Å²) < 4.78 is 33.0. The smallest absolute Gasteiger partial charge is 0.206 e. The monoisotopic (exact) mass is 488 g/mol. The lowest BCUT2D eigenvalue weighted by Gasteiger charge is -2.33. The molecule has 0 saturated heterocycles. The van der Waals surface area contributed by atoms with Crippen molar-refractivity contribution < 1.29 is 9.13 Å². The van der Waals surface area contributed by atoms with Crippen LogP contribution in [0.3, 0.4) is 0 Å². The zero-order valence-electron chi connectivity index (χ0n) is 19.6. The molecule has 0 fully saturated rings. The molecule has 4 rings (SSSR count). The number of hydrogen-bond acceptors (Lipinski definition) is 2. The normalized spacial score (nSPS) is 12.2. The van der Waals surface area contributed by atoms with Gasteiger partial charge in [0.15, 0.2) is 0 Å². The predicted octanol–water partition coefficient (Wildman–Crippen LogP) is 4.71. The second-order valence-electron chi connectivity index (χ2n) is 8.26. The molecule has 4 aromatic carbocycles. The van der Waals surface area contributed by atoms with Gasteiger partial charge in [-0.1, -0.05) is 72.8 Å². The zero-order valence-corrected chi connectivity index (χ0v) is 21.4. The summed E-state index contributed by atoms with van der Waals surface area (Å²) in [6, 6.07) is 38.5. The van der Waals surface area contributed by atoms with Gasteiger partial charge < -0.3 is 0 Å². The van der Waals surface area contributed by atoms with Gasteiger partial charge in [-0.25, -0.2) is 9.34 Å². The third-order valence-electron chi connectivity index (χ3n) is 6.13. The Morgan fingerprint density at radius 2 is 0.647 bits per heavy atom. The minimum absolute atomic E-state index is 0.487. The first-order chi connectivity index (χ1) is 16.5. The van der Waals surface area contributed by atoms with Gasteiger partial charge >= 0.3 is 0 Å². The number of nitrogens with zero attached hydrogens (tertiary/aromatic N) is 2. The minimum atomic E-state index is -3.05. The summed E-state index contributed by atoms with van der Waals surface area (Å²) in [7, 11) is -2.31. The van der Waals surface area contributed by atoms with Crippen LogP contribution in [-0.2, 0) is 9.13 Å². The molecule has 0 heterocycles. The van der Waals surface area contributed by atoms with Gasteiger partial charge in [0.25, 0.3) is 0 Å². The van der Waals surface area contributed by atoms with Crippen molar-refractivity contribution in [2.24, 2.45) is 0 Å². The van der Waals surface area contributed by atoms with E-state index >= 15 is 0 Å². The van der Waals surface area contributed by atoms with Crippen LogP contribution in [0.25, 0.3) is 0 Å². The topological polar surface area (TPSA) is 40.6 Å². The maximum Gasteiger partial charge on any atom is 0.206 e. The Balaban J connectivity index is 1.65. The van der Waals surface area contributed by atoms with Crippen molar-refractivity contribution in [2.75, 3.05) is 27.2 Å². The standard InChI is InChI=1S/C28H30N2O2P2/c1-29(33(31,25-15-7-3-8-16-25)26-17-9-4-10-18-26)23-24-30(2)34(32,27-19-11-5-12-20-27)28-21-13-6-14-22-28/h3-22H,23-24H2,1-2H3. The average Bonchev–Trinajstić information content (AvgIpc) is 2.92. The van der Waals surface area contributed by atoms with E-state index in [4.69, 9.17) is 0 Å². The van der Waals surface area contributed by atoms with Gasteiger partial charge in [0.1, 0.15) is 0 Å². The van der Waals surface area contributed by atoms with E-state index in [9.17, 15) is 9.13 Å². The van der Waals surface area contributed by atoms with E-state index in [2.05, 4.69) is 0 Å². The van der Waals surface area contributed by atoms with E-state index < -0.39 is 14.6 Å². The molecule has 0 aromatic heterocycles. The van der Waals surface area contributed by atoms with Gasteiger partial charge in [-0.05, 0) is 62.6 Å². The highest BCUT2D eigenvalue weighted by Gasteiger charge is 2.35. The Morgan fingerprint density at radius 3 is 0.853 bits per heavy atom. The third kappa shape index (κ3) is 4.73. The van der Waals surface area contributed by atoms with Gasteiger partial charge in [-0.3, -0.25) is 9.13 Å². The highest BCUT2D eigenvalue weighted by Crippen LogP contribution is 2.48. The lowest BCUT2D eigenvalue weighted by atomic mass is 10.4. The second kappa shape index (κ2) is 10.7. The maximum absolute atomic E-state index is 14.6. The van der Waals surface area contributed by atoms with Crippen LogP contribution in [0.4, 0.5) is 0 Å². The Kier molecular flexibility index (Phi) is 7.66.